The summed E-state index contributed by atoms with van der Waals surface area (Å²) in [6.45, 7) is 9.92. The Morgan fingerprint density at radius 3 is 2.33 bits per heavy atom. The van der Waals surface area contributed by atoms with Crippen LogP contribution in [-0.2, 0) is 14.3 Å². The Kier molecular flexibility index (Phi) is 6.45. The predicted octanol–water partition coefficient (Wildman–Crippen LogP) is 3.75. The highest BCUT2D eigenvalue weighted by Crippen LogP contribution is 2.37. The highest BCUT2D eigenvalue weighted by molar-refractivity contribution is 5.97. The van der Waals surface area contributed by atoms with Crippen LogP contribution in [0.4, 0.5) is 0 Å². The second kappa shape index (κ2) is 7.64. The van der Waals surface area contributed by atoms with Crippen molar-refractivity contribution < 1.29 is 14.3 Å². The van der Waals surface area contributed by atoms with E-state index in [4.69, 9.17) is 4.74 Å². The molecule has 21 heavy (non-hydrogen) atoms. The first-order valence-corrected chi connectivity index (χ1v) is 7.92. The van der Waals surface area contributed by atoms with Gasteiger partial charge in [-0.25, -0.2) is 0 Å². The Balaban J connectivity index is 2.21. The fourth-order valence-corrected chi connectivity index (χ4v) is 2.57. The summed E-state index contributed by atoms with van der Waals surface area (Å²) >= 11 is 0. The van der Waals surface area contributed by atoms with Crippen molar-refractivity contribution in [2.24, 2.45) is 17.8 Å². The van der Waals surface area contributed by atoms with Crippen molar-refractivity contribution in [3.63, 3.8) is 0 Å². The summed E-state index contributed by atoms with van der Waals surface area (Å²) in [5, 5.41) is 0. The molecule has 0 spiro atoms. The first kappa shape index (κ1) is 17.8. The fraction of sp³-hybridized carbons (Fsp3) is 0.778. The van der Waals surface area contributed by atoms with Gasteiger partial charge in [0.1, 0.15) is 5.60 Å². The van der Waals surface area contributed by atoms with Gasteiger partial charge in [-0.05, 0) is 57.8 Å². The lowest BCUT2D eigenvalue weighted by molar-refractivity contribution is -0.155. The number of carbonyl (C=O) groups excluding carboxylic acids is 2. The molecule has 0 radical (unpaired) electrons. The number of ether oxygens (including phenoxy) is 1. The maximum atomic E-state index is 11.6. The minimum atomic E-state index is -0.497. The van der Waals surface area contributed by atoms with E-state index in [0.717, 1.165) is 24.7 Å². The first-order chi connectivity index (χ1) is 9.65. The molecule has 0 unspecified atom stereocenters. The van der Waals surface area contributed by atoms with Crippen LogP contribution in [0.3, 0.4) is 0 Å². The summed E-state index contributed by atoms with van der Waals surface area (Å²) in [6, 6.07) is 0. The summed E-state index contributed by atoms with van der Waals surface area (Å²) < 4.78 is 5.16. The zero-order valence-electron chi connectivity index (χ0n) is 14.0. The highest BCUT2D eigenvalue weighted by Gasteiger charge is 2.28. The molecule has 3 heteroatoms. The molecule has 0 aliphatic heterocycles. The lowest BCUT2D eigenvalue weighted by Crippen LogP contribution is -2.24. The molecular weight excluding hydrogens is 264 g/mol. The third kappa shape index (κ3) is 7.90. The van der Waals surface area contributed by atoms with Crippen molar-refractivity contribution in [1.29, 1.82) is 0 Å². The van der Waals surface area contributed by atoms with Gasteiger partial charge in [0.05, 0.1) is 6.42 Å². The van der Waals surface area contributed by atoms with E-state index in [1.54, 1.807) is 0 Å². The quantitative estimate of drug-likeness (QED) is 0.440. The second-order valence-electron chi connectivity index (χ2n) is 7.44. The summed E-state index contributed by atoms with van der Waals surface area (Å²) in [6.07, 6.45) is 3.76. The Morgan fingerprint density at radius 1 is 1.19 bits per heavy atom. The van der Waals surface area contributed by atoms with Crippen molar-refractivity contribution in [1.82, 2.24) is 0 Å². The van der Waals surface area contributed by atoms with E-state index in [-0.39, 0.29) is 24.6 Å². The van der Waals surface area contributed by atoms with Crippen LogP contribution in [0.15, 0.2) is 0 Å². The minimum Gasteiger partial charge on any atom is -0.460 e. The molecule has 1 aliphatic rings. The zero-order chi connectivity index (χ0) is 16.0. The normalized spacial score (nSPS) is 21.2. The van der Waals surface area contributed by atoms with Gasteiger partial charge in [-0.15, -0.1) is 0 Å². The van der Waals surface area contributed by atoms with Crippen LogP contribution in [0.5, 0.6) is 0 Å². The van der Waals surface area contributed by atoms with Crippen molar-refractivity contribution in [3.05, 3.63) is 0 Å². The van der Waals surface area contributed by atoms with Crippen molar-refractivity contribution in [2.45, 2.75) is 72.3 Å². The van der Waals surface area contributed by atoms with Crippen molar-refractivity contribution in [3.8, 4) is 11.8 Å². The second-order valence-corrected chi connectivity index (χ2v) is 7.44. The van der Waals surface area contributed by atoms with Crippen LogP contribution < -0.4 is 0 Å². The molecule has 3 nitrogen and oxygen atoms in total. The molecule has 0 aromatic carbocycles. The molecule has 0 saturated heterocycles. The maximum absolute atomic E-state index is 11.6. The molecule has 0 N–H and O–H groups in total. The molecule has 1 aliphatic carbocycles. The molecule has 1 fully saturated rings. The monoisotopic (exact) mass is 292 g/mol. The zero-order valence-corrected chi connectivity index (χ0v) is 14.0. The molecule has 0 aromatic rings. The lowest BCUT2D eigenvalue weighted by Gasteiger charge is -2.33. The SMILES string of the molecule is CC(C)CC1CC(C#CC(=O)CCC(=O)OC(C)(C)C)C1. The smallest absolute Gasteiger partial charge is 0.306 e. The lowest BCUT2D eigenvalue weighted by atomic mass is 9.72. The molecule has 0 aromatic heterocycles. The number of rotatable bonds is 5. The van der Waals surface area contributed by atoms with Gasteiger partial charge < -0.3 is 4.74 Å². The predicted molar refractivity (Wildman–Crippen MR) is 83.5 cm³/mol. The van der Waals surface area contributed by atoms with E-state index in [2.05, 4.69) is 25.7 Å². The molecular formula is C18H28O3. The summed E-state index contributed by atoms with van der Waals surface area (Å²) in [5.41, 5.74) is -0.497. The van der Waals surface area contributed by atoms with Crippen LogP contribution in [0.1, 0.15) is 66.7 Å². The van der Waals surface area contributed by atoms with Crippen LogP contribution in [0.25, 0.3) is 0 Å². The average Bonchev–Trinajstić information content (AvgIpc) is 2.26. The van der Waals surface area contributed by atoms with Crippen molar-refractivity contribution in [2.75, 3.05) is 0 Å². The molecule has 0 heterocycles. The Labute approximate surface area is 128 Å². The maximum Gasteiger partial charge on any atom is 0.306 e. The number of carbonyl (C=O) groups is 2. The molecule has 0 atom stereocenters. The van der Waals surface area contributed by atoms with Gasteiger partial charge in [-0.1, -0.05) is 19.8 Å². The third-order valence-corrected chi connectivity index (χ3v) is 3.43. The van der Waals surface area contributed by atoms with Crippen LogP contribution in [-0.4, -0.2) is 17.4 Å². The number of ketones is 1. The molecule has 118 valence electrons. The molecule has 1 saturated carbocycles. The van der Waals surface area contributed by atoms with E-state index in [1.807, 2.05) is 20.8 Å². The molecule has 0 bridgehead atoms. The van der Waals surface area contributed by atoms with E-state index in [0.29, 0.717) is 5.92 Å². The van der Waals surface area contributed by atoms with Gasteiger partial charge in [-0.3, -0.25) is 9.59 Å². The highest BCUT2D eigenvalue weighted by atomic mass is 16.6. The largest absolute Gasteiger partial charge is 0.460 e. The van der Waals surface area contributed by atoms with Crippen LogP contribution >= 0.6 is 0 Å². The number of hydrogen-bond acceptors (Lipinski definition) is 3. The van der Waals surface area contributed by atoms with Gasteiger partial charge in [0.25, 0.3) is 0 Å². The first-order valence-electron chi connectivity index (χ1n) is 7.92. The Hall–Kier alpha value is -1.30. The number of Topliss-reactive ketones (excluding diaryl/α,β-unsaturated/α-hetero) is 1. The van der Waals surface area contributed by atoms with Gasteiger partial charge in [0.15, 0.2) is 0 Å². The molecule has 1 rings (SSSR count). The van der Waals surface area contributed by atoms with Gasteiger partial charge in [-0.2, -0.15) is 0 Å². The average molecular weight is 292 g/mol. The number of hydrogen-bond donors (Lipinski definition) is 0. The standard InChI is InChI=1S/C18H28O3/c1-13(2)10-15-11-14(12-15)6-7-16(19)8-9-17(20)21-18(3,4)5/h13-15H,8-12H2,1-5H3. The summed E-state index contributed by atoms with van der Waals surface area (Å²) in [5.74, 6) is 7.12. The summed E-state index contributed by atoms with van der Waals surface area (Å²) in [7, 11) is 0. The van der Waals surface area contributed by atoms with E-state index >= 15 is 0 Å². The van der Waals surface area contributed by atoms with Gasteiger partial charge in [0, 0.05) is 12.3 Å². The van der Waals surface area contributed by atoms with Crippen LogP contribution in [0.2, 0.25) is 0 Å². The van der Waals surface area contributed by atoms with Gasteiger partial charge in [0.2, 0.25) is 5.78 Å². The van der Waals surface area contributed by atoms with E-state index < -0.39 is 5.60 Å². The third-order valence-electron chi connectivity index (χ3n) is 3.43. The minimum absolute atomic E-state index is 0.116. The van der Waals surface area contributed by atoms with Gasteiger partial charge >= 0.3 is 5.97 Å². The van der Waals surface area contributed by atoms with E-state index in [1.165, 1.54) is 6.42 Å². The fourth-order valence-electron chi connectivity index (χ4n) is 2.57. The van der Waals surface area contributed by atoms with E-state index in [9.17, 15) is 9.59 Å². The number of esters is 1. The molecule has 0 amide bonds. The summed E-state index contributed by atoms with van der Waals surface area (Å²) in [4.78, 5) is 23.1. The van der Waals surface area contributed by atoms with Crippen LogP contribution in [0, 0.1) is 29.6 Å². The Morgan fingerprint density at radius 2 is 1.81 bits per heavy atom. The van der Waals surface area contributed by atoms with Crippen molar-refractivity contribution >= 4 is 11.8 Å². The Bertz CT molecular complexity index is 426. The topological polar surface area (TPSA) is 43.4 Å².